The third kappa shape index (κ3) is 0.585. The van der Waals surface area contributed by atoms with Crippen LogP contribution in [0.2, 0.25) is 0 Å². The van der Waals surface area contributed by atoms with Gasteiger partial charge in [-0.05, 0) is 40.8 Å². The van der Waals surface area contributed by atoms with Gasteiger partial charge in [-0.15, -0.1) is 0 Å². The summed E-state index contributed by atoms with van der Waals surface area (Å²) in [6, 6.07) is 11.0. The standard InChI is InChI=1S/C12H10/c1-8-5-6-9-3-2-4-10-7-11(8)12(9)10/h2-6H,7H2,1H3. The van der Waals surface area contributed by atoms with Gasteiger partial charge in [0.2, 0.25) is 0 Å². The van der Waals surface area contributed by atoms with Crippen molar-refractivity contribution in [3.05, 3.63) is 47.0 Å². The van der Waals surface area contributed by atoms with Crippen molar-refractivity contribution in [3.63, 3.8) is 0 Å². The quantitative estimate of drug-likeness (QED) is 0.467. The highest BCUT2D eigenvalue weighted by atomic mass is 14.2. The van der Waals surface area contributed by atoms with Crippen LogP contribution >= 0.6 is 0 Å². The summed E-state index contributed by atoms with van der Waals surface area (Å²) in [5, 5.41) is 2.91. The molecule has 0 aromatic heterocycles. The summed E-state index contributed by atoms with van der Waals surface area (Å²) in [6.07, 6.45) is 1.18. The third-order valence-electron chi connectivity index (χ3n) is 2.84. The van der Waals surface area contributed by atoms with Crippen LogP contribution in [-0.2, 0) is 6.42 Å². The first-order valence-electron chi connectivity index (χ1n) is 4.36. The van der Waals surface area contributed by atoms with Crippen molar-refractivity contribution in [1.29, 1.82) is 0 Å². The summed E-state index contributed by atoms with van der Waals surface area (Å²) < 4.78 is 0. The van der Waals surface area contributed by atoms with E-state index in [-0.39, 0.29) is 0 Å². The van der Waals surface area contributed by atoms with Gasteiger partial charge < -0.3 is 0 Å². The molecule has 2 aromatic carbocycles. The molecule has 1 aliphatic rings. The molecule has 2 aromatic rings. The number of benzene rings is 2. The van der Waals surface area contributed by atoms with Gasteiger partial charge in [-0.25, -0.2) is 0 Å². The second-order valence-electron chi connectivity index (χ2n) is 3.55. The summed E-state index contributed by atoms with van der Waals surface area (Å²) in [5.41, 5.74) is 4.52. The molecule has 3 rings (SSSR count). The minimum Gasteiger partial charge on any atom is -0.0613 e. The Balaban J connectivity index is 2.57. The molecule has 0 nitrogen and oxygen atoms in total. The minimum absolute atomic E-state index is 1.18. The van der Waals surface area contributed by atoms with Crippen molar-refractivity contribution in [2.45, 2.75) is 13.3 Å². The maximum absolute atomic E-state index is 2.23. The van der Waals surface area contributed by atoms with E-state index in [0.717, 1.165) is 0 Å². The molecule has 0 heterocycles. The van der Waals surface area contributed by atoms with E-state index < -0.39 is 0 Å². The van der Waals surface area contributed by atoms with Crippen LogP contribution in [0.15, 0.2) is 30.3 Å². The molecule has 0 radical (unpaired) electrons. The van der Waals surface area contributed by atoms with Crippen LogP contribution in [0.4, 0.5) is 0 Å². The second kappa shape index (κ2) is 1.89. The lowest BCUT2D eigenvalue weighted by Gasteiger charge is -2.22. The van der Waals surface area contributed by atoms with Crippen LogP contribution in [-0.4, -0.2) is 0 Å². The Hall–Kier alpha value is -1.30. The number of hydrogen-bond acceptors (Lipinski definition) is 0. The first kappa shape index (κ1) is 6.24. The molecule has 1 aliphatic carbocycles. The molecule has 12 heavy (non-hydrogen) atoms. The van der Waals surface area contributed by atoms with E-state index in [1.165, 1.54) is 28.3 Å². The molecule has 0 amide bonds. The normalized spacial score (nSPS) is 13.1. The lowest BCUT2D eigenvalue weighted by Crippen LogP contribution is -2.05. The molecule has 0 saturated carbocycles. The topological polar surface area (TPSA) is 0 Å². The zero-order valence-corrected chi connectivity index (χ0v) is 7.09. The van der Waals surface area contributed by atoms with Gasteiger partial charge in [0.15, 0.2) is 0 Å². The fourth-order valence-corrected chi connectivity index (χ4v) is 2.10. The summed E-state index contributed by atoms with van der Waals surface area (Å²) in [6.45, 7) is 2.20. The zero-order valence-electron chi connectivity index (χ0n) is 7.09. The largest absolute Gasteiger partial charge is 0.0613 e. The van der Waals surface area contributed by atoms with Gasteiger partial charge in [-0.3, -0.25) is 0 Å². The van der Waals surface area contributed by atoms with Crippen LogP contribution in [0.25, 0.3) is 10.8 Å². The molecule has 0 heteroatoms. The van der Waals surface area contributed by atoms with Crippen molar-refractivity contribution in [2.24, 2.45) is 0 Å². The van der Waals surface area contributed by atoms with E-state index in [9.17, 15) is 0 Å². The van der Waals surface area contributed by atoms with Gasteiger partial charge in [0.1, 0.15) is 0 Å². The Labute approximate surface area is 71.8 Å². The summed E-state index contributed by atoms with van der Waals surface area (Å²) in [7, 11) is 0. The fourth-order valence-electron chi connectivity index (χ4n) is 2.10. The predicted molar refractivity (Wildman–Crippen MR) is 51.5 cm³/mol. The molecule has 0 spiro atoms. The smallest absolute Gasteiger partial charge is 0.00106 e. The Kier molecular flexibility index (Phi) is 0.984. The predicted octanol–water partition coefficient (Wildman–Crippen LogP) is 3.05. The fraction of sp³-hybridized carbons (Fsp3) is 0.167. The summed E-state index contributed by atoms with van der Waals surface area (Å²) >= 11 is 0. The zero-order chi connectivity index (χ0) is 8.13. The van der Waals surface area contributed by atoms with Crippen LogP contribution in [0.3, 0.4) is 0 Å². The molecule has 0 aliphatic heterocycles. The first-order chi connectivity index (χ1) is 5.86. The van der Waals surface area contributed by atoms with Crippen LogP contribution in [0.5, 0.6) is 0 Å². The maximum atomic E-state index is 2.23. The molecule has 0 saturated heterocycles. The van der Waals surface area contributed by atoms with Crippen molar-refractivity contribution in [2.75, 3.05) is 0 Å². The van der Waals surface area contributed by atoms with E-state index >= 15 is 0 Å². The highest BCUT2D eigenvalue weighted by Gasteiger charge is 2.17. The van der Waals surface area contributed by atoms with Gasteiger partial charge in [0.05, 0.1) is 0 Å². The summed E-state index contributed by atoms with van der Waals surface area (Å²) in [5.74, 6) is 0. The van der Waals surface area contributed by atoms with Crippen molar-refractivity contribution in [1.82, 2.24) is 0 Å². The van der Waals surface area contributed by atoms with E-state index in [0.29, 0.717) is 0 Å². The molecule has 58 valence electrons. The summed E-state index contributed by atoms with van der Waals surface area (Å²) in [4.78, 5) is 0. The highest BCUT2D eigenvalue weighted by Crippen LogP contribution is 2.35. The lowest BCUT2D eigenvalue weighted by atomic mass is 9.82. The highest BCUT2D eigenvalue weighted by molar-refractivity contribution is 5.95. The Morgan fingerprint density at radius 2 is 2.00 bits per heavy atom. The van der Waals surface area contributed by atoms with Crippen molar-refractivity contribution in [3.8, 4) is 0 Å². The second-order valence-corrected chi connectivity index (χ2v) is 3.55. The third-order valence-corrected chi connectivity index (χ3v) is 2.84. The van der Waals surface area contributed by atoms with Gasteiger partial charge in [0.25, 0.3) is 0 Å². The Bertz CT molecular complexity index is 467. The van der Waals surface area contributed by atoms with Crippen LogP contribution in [0, 0.1) is 6.92 Å². The molecular formula is C12H10. The average molecular weight is 154 g/mol. The number of aryl methyl sites for hydroxylation is 1. The molecular weight excluding hydrogens is 144 g/mol. The molecule has 0 bridgehead atoms. The van der Waals surface area contributed by atoms with Crippen LogP contribution < -0.4 is 0 Å². The van der Waals surface area contributed by atoms with Gasteiger partial charge in [0, 0.05) is 0 Å². The molecule has 0 atom stereocenters. The van der Waals surface area contributed by atoms with Crippen LogP contribution in [0.1, 0.15) is 16.7 Å². The van der Waals surface area contributed by atoms with E-state index in [1.807, 2.05) is 0 Å². The van der Waals surface area contributed by atoms with Crippen molar-refractivity contribution < 1.29 is 0 Å². The number of hydrogen-bond donors (Lipinski definition) is 0. The Morgan fingerprint density at radius 1 is 1.08 bits per heavy atom. The average Bonchev–Trinajstić information content (AvgIpc) is 2.03. The van der Waals surface area contributed by atoms with E-state index in [1.54, 1.807) is 5.56 Å². The van der Waals surface area contributed by atoms with E-state index in [4.69, 9.17) is 0 Å². The molecule has 0 N–H and O–H groups in total. The first-order valence-corrected chi connectivity index (χ1v) is 4.36. The van der Waals surface area contributed by atoms with E-state index in [2.05, 4.69) is 37.3 Å². The SMILES string of the molecule is Cc1ccc2cccc3c2c1C3. The lowest BCUT2D eigenvalue weighted by molar-refractivity contribution is 1.13. The number of rotatable bonds is 0. The maximum Gasteiger partial charge on any atom is -0.00106 e. The molecule has 0 fully saturated rings. The minimum atomic E-state index is 1.18. The monoisotopic (exact) mass is 154 g/mol. The van der Waals surface area contributed by atoms with Crippen molar-refractivity contribution >= 4 is 10.8 Å². The van der Waals surface area contributed by atoms with Gasteiger partial charge >= 0.3 is 0 Å². The molecule has 0 unspecified atom stereocenters. The van der Waals surface area contributed by atoms with Gasteiger partial charge in [-0.2, -0.15) is 0 Å². The van der Waals surface area contributed by atoms with Gasteiger partial charge in [-0.1, -0.05) is 30.3 Å². The Morgan fingerprint density at radius 3 is 2.92 bits per heavy atom.